The largest absolute Gasteiger partial charge is 0.334 e. The lowest BCUT2D eigenvalue weighted by atomic mass is 9.90. The number of hydrogen-bond donors (Lipinski definition) is 1. The summed E-state index contributed by atoms with van der Waals surface area (Å²) in [5.74, 6) is -0.551. The first-order valence-electron chi connectivity index (χ1n) is 9.38. The van der Waals surface area contributed by atoms with E-state index in [1.54, 1.807) is 17.2 Å². The van der Waals surface area contributed by atoms with Gasteiger partial charge < -0.3 is 10.2 Å². The quantitative estimate of drug-likeness (QED) is 0.733. The van der Waals surface area contributed by atoms with Crippen molar-refractivity contribution in [2.24, 2.45) is 0 Å². The third-order valence-electron chi connectivity index (χ3n) is 5.04. The summed E-state index contributed by atoms with van der Waals surface area (Å²) in [4.78, 5) is 22.5. The average molecular weight is 398 g/mol. The van der Waals surface area contributed by atoms with Gasteiger partial charge in [-0.2, -0.15) is 5.10 Å². The van der Waals surface area contributed by atoms with E-state index in [-0.39, 0.29) is 18.5 Å². The number of urea groups is 1. The summed E-state index contributed by atoms with van der Waals surface area (Å²) in [7, 11) is 0. The number of amides is 2. The van der Waals surface area contributed by atoms with Gasteiger partial charge in [-0.05, 0) is 42.7 Å². The first-order valence-corrected chi connectivity index (χ1v) is 9.38. The minimum atomic E-state index is -0.472. The number of aromatic nitrogens is 4. The normalized spacial score (nSPS) is 16.6. The molecule has 29 heavy (non-hydrogen) atoms. The van der Waals surface area contributed by atoms with Crippen molar-refractivity contribution in [2.45, 2.75) is 25.3 Å². The van der Waals surface area contributed by atoms with Gasteiger partial charge in [0.15, 0.2) is 5.82 Å². The van der Waals surface area contributed by atoms with Gasteiger partial charge in [-0.1, -0.05) is 6.07 Å². The fourth-order valence-electron chi connectivity index (χ4n) is 3.62. The van der Waals surface area contributed by atoms with Crippen molar-refractivity contribution in [3.8, 4) is 5.82 Å². The molecule has 4 rings (SSSR count). The van der Waals surface area contributed by atoms with E-state index in [2.05, 4.69) is 20.4 Å². The molecule has 0 aliphatic carbocycles. The number of benzene rings is 1. The van der Waals surface area contributed by atoms with Gasteiger partial charge in [0.1, 0.15) is 24.3 Å². The van der Waals surface area contributed by atoms with Crippen LogP contribution in [0.1, 0.15) is 29.9 Å². The second kappa shape index (κ2) is 8.34. The Hall–Kier alpha value is -3.36. The van der Waals surface area contributed by atoms with Crippen LogP contribution in [0.15, 0.2) is 49.2 Å². The Balaban J connectivity index is 1.42. The van der Waals surface area contributed by atoms with E-state index in [9.17, 15) is 13.6 Å². The molecule has 150 valence electrons. The highest BCUT2D eigenvalue weighted by Gasteiger charge is 2.27. The molecule has 7 nitrogen and oxygen atoms in total. The highest BCUT2D eigenvalue weighted by Crippen LogP contribution is 2.29. The lowest BCUT2D eigenvalue weighted by Gasteiger charge is -2.33. The van der Waals surface area contributed by atoms with Crippen LogP contribution >= 0.6 is 0 Å². The van der Waals surface area contributed by atoms with Gasteiger partial charge in [-0.25, -0.2) is 28.2 Å². The first-order chi connectivity index (χ1) is 14.1. The van der Waals surface area contributed by atoms with Crippen LogP contribution in [0.2, 0.25) is 0 Å². The third-order valence-corrected chi connectivity index (χ3v) is 5.04. The molecule has 1 aliphatic rings. The van der Waals surface area contributed by atoms with Gasteiger partial charge in [0.2, 0.25) is 0 Å². The molecule has 0 bridgehead atoms. The van der Waals surface area contributed by atoms with Gasteiger partial charge in [-0.3, -0.25) is 0 Å². The summed E-state index contributed by atoms with van der Waals surface area (Å²) in [5, 5.41) is 6.96. The molecule has 1 atom stereocenters. The molecule has 2 aromatic heterocycles. The number of likely N-dealkylation sites (tertiary alicyclic amines) is 1. The molecule has 0 saturated carbocycles. The third kappa shape index (κ3) is 4.23. The molecule has 1 unspecified atom stereocenters. The summed E-state index contributed by atoms with van der Waals surface area (Å²) in [6, 6.07) is 6.85. The number of halogens is 2. The number of carbonyl (C=O) groups is 1. The number of rotatable bonds is 4. The molecule has 3 heterocycles. The maximum atomic E-state index is 14.1. The minimum absolute atomic E-state index is 0.227. The molecule has 1 saturated heterocycles. The van der Waals surface area contributed by atoms with Crippen molar-refractivity contribution in [1.29, 1.82) is 0 Å². The minimum Gasteiger partial charge on any atom is -0.334 e. The Morgan fingerprint density at radius 3 is 3.00 bits per heavy atom. The maximum Gasteiger partial charge on any atom is 0.317 e. The van der Waals surface area contributed by atoms with Gasteiger partial charge in [0.05, 0.1) is 0 Å². The molecule has 1 aliphatic heterocycles. The van der Waals surface area contributed by atoms with Gasteiger partial charge in [0.25, 0.3) is 0 Å². The van der Waals surface area contributed by atoms with Gasteiger partial charge >= 0.3 is 6.03 Å². The summed E-state index contributed by atoms with van der Waals surface area (Å²) >= 11 is 0. The number of piperidine rings is 1. The molecular formula is C20H20F2N6O. The van der Waals surface area contributed by atoms with Crippen molar-refractivity contribution in [3.05, 3.63) is 71.9 Å². The van der Waals surface area contributed by atoms with E-state index < -0.39 is 11.6 Å². The van der Waals surface area contributed by atoms with Crippen molar-refractivity contribution in [2.75, 3.05) is 13.1 Å². The molecular weight excluding hydrogens is 378 g/mol. The van der Waals surface area contributed by atoms with E-state index in [1.165, 1.54) is 23.4 Å². The number of pyridine rings is 1. The topological polar surface area (TPSA) is 75.9 Å². The second-order valence-corrected chi connectivity index (χ2v) is 6.94. The van der Waals surface area contributed by atoms with Crippen LogP contribution in [0, 0.1) is 11.6 Å². The van der Waals surface area contributed by atoms with Crippen LogP contribution in [0.3, 0.4) is 0 Å². The van der Waals surface area contributed by atoms with Crippen molar-refractivity contribution >= 4 is 6.03 Å². The zero-order chi connectivity index (χ0) is 20.2. The van der Waals surface area contributed by atoms with Crippen LogP contribution in [-0.4, -0.2) is 43.8 Å². The fourth-order valence-corrected chi connectivity index (χ4v) is 3.62. The van der Waals surface area contributed by atoms with Crippen molar-refractivity contribution < 1.29 is 13.6 Å². The number of carbonyl (C=O) groups excluding carboxylic acids is 1. The predicted molar refractivity (Wildman–Crippen MR) is 101 cm³/mol. The van der Waals surface area contributed by atoms with Crippen LogP contribution in [-0.2, 0) is 6.54 Å². The Morgan fingerprint density at radius 1 is 1.28 bits per heavy atom. The highest BCUT2D eigenvalue weighted by molar-refractivity contribution is 5.74. The van der Waals surface area contributed by atoms with E-state index in [0.717, 1.165) is 24.1 Å². The van der Waals surface area contributed by atoms with E-state index >= 15 is 0 Å². The van der Waals surface area contributed by atoms with Crippen LogP contribution < -0.4 is 5.32 Å². The summed E-state index contributed by atoms with van der Waals surface area (Å²) < 4.78 is 29.2. The summed E-state index contributed by atoms with van der Waals surface area (Å²) in [6.07, 6.45) is 6.03. The molecule has 1 fully saturated rings. The van der Waals surface area contributed by atoms with E-state index in [1.807, 2.05) is 6.07 Å². The van der Waals surface area contributed by atoms with Crippen LogP contribution in [0.25, 0.3) is 5.82 Å². The number of hydrogen-bond acceptors (Lipinski definition) is 4. The number of nitrogens with one attached hydrogen (secondary N) is 1. The first kappa shape index (κ1) is 19.0. The Morgan fingerprint density at radius 2 is 2.17 bits per heavy atom. The molecule has 2 amide bonds. The van der Waals surface area contributed by atoms with Crippen molar-refractivity contribution in [1.82, 2.24) is 30.0 Å². The smallest absolute Gasteiger partial charge is 0.317 e. The summed E-state index contributed by atoms with van der Waals surface area (Å²) in [6.45, 7) is 1.18. The molecule has 1 N–H and O–H groups in total. The standard InChI is InChI=1S/C20H20F2N6O/c21-16-5-6-18(22)17(9-16)15-4-2-8-27(11-15)20(29)25-10-14-3-1-7-24-19(14)28-13-23-12-26-28/h1,3,5-7,9,12-13,15H,2,4,8,10-11H2,(H,25,29). The van der Waals surface area contributed by atoms with Gasteiger partial charge in [0, 0.05) is 37.3 Å². The molecule has 9 heteroatoms. The predicted octanol–water partition coefficient (Wildman–Crippen LogP) is 3.03. The van der Waals surface area contributed by atoms with E-state index in [4.69, 9.17) is 0 Å². The van der Waals surface area contributed by atoms with E-state index in [0.29, 0.717) is 30.9 Å². The Labute approximate surface area is 166 Å². The van der Waals surface area contributed by atoms with Crippen molar-refractivity contribution in [3.63, 3.8) is 0 Å². The molecule has 1 aromatic carbocycles. The van der Waals surface area contributed by atoms with Crippen LogP contribution in [0.4, 0.5) is 13.6 Å². The lowest BCUT2D eigenvalue weighted by Crippen LogP contribution is -2.44. The zero-order valence-electron chi connectivity index (χ0n) is 15.6. The molecule has 0 radical (unpaired) electrons. The zero-order valence-corrected chi connectivity index (χ0v) is 15.6. The summed E-state index contributed by atoms with van der Waals surface area (Å²) in [5.41, 5.74) is 1.11. The average Bonchev–Trinajstić information content (AvgIpc) is 3.29. The monoisotopic (exact) mass is 398 g/mol. The fraction of sp³-hybridized carbons (Fsp3) is 0.300. The Kier molecular flexibility index (Phi) is 5.46. The molecule has 0 spiro atoms. The maximum absolute atomic E-state index is 14.1. The van der Waals surface area contributed by atoms with Gasteiger partial charge in [-0.15, -0.1) is 0 Å². The number of nitrogens with zero attached hydrogens (tertiary/aromatic N) is 5. The SMILES string of the molecule is O=C(NCc1cccnc1-n1cncn1)N1CCCC(c2cc(F)ccc2F)C1. The highest BCUT2D eigenvalue weighted by atomic mass is 19.1. The lowest BCUT2D eigenvalue weighted by molar-refractivity contribution is 0.178. The molecule has 3 aromatic rings. The van der Waals surface area contributed by atoms with Crippen LogP contribution in [0.5, 0.6) is 0 Å². The Bertz CT molecular complexity index is 994. The second-order valence-electron chi connectivity index (χ2n) is 6.94.